The van der Waals surface area contributed by atoms with Crippen molar-refractivity contribution >= 4 is 11.9 Å². The van der Waals surface area contributed by atoms with Gasteiger partial charge in [-0.05, 0) is 57.8 Å². The number of hydrogen-bond acceptors (Lipinski definition) is 5. The van der Waals surface area contributed by atoms with Crippen molar-refractivity contribution < 1.29 is 24.5 Å². The molecular formula is C57H109NO5. The first kappa shape index (κ1) is 61.3. The van der Waals surface area contributed by atoms with Gasteiger partial charge in [-0.3, -0.25) is 9.59 Å². The van der Waals surface area contributed by atoms with E-state index < -0.39 is 12.1 Å². The summed E-state index contributed by atoms with van der Waals surface area (Å²) < 4.78 is 5.46. The molecule has 0 aromatic rings. The number of nitrogens with one attached hydrogen (secondary N) is 1. The molecule has 2 atom stereocenters. The summed E-state index contributed by atoms with van der Waals surface area (Å²) in [7, 11) is 0. The third-order valence-corrected chi connectivity index (χ3v) is 13.0. The Bertz CT molecular complexity index is 982. The number of ether oxygens (including phenoxy) is 1. The van der Waals surface area contributed by atoms with Crippen molar-refractivity contribution in [3.05, 3.63) is 24.3 Å². The van der Waals surface area contributed by atoms with Crippen LogP contribution in [0.5, 0.6) is 0 Å². The molecule has 0 fully saturated rings. The number of esters is 1. The van der Waals surface area contributed by atoms with Gasteiger partial charge in [0.15, 0.2) is 0 Å². The molecule has 0 spiro atoms. The third-order valence-electron chi connectivity index (χ3n) is 13.0. The molecule has 0 aromatic heterocycles. The number of unbranched alkanes of at least 4 members (excludes halogenated alkanes) is 39. The van der Waals surface area contributed by atoms with Crippen molar-refractivity contribution in [3.8, 4) is 0 Å². The molecule has 3 N–H and O–H groups in total. The van der Waals surface area contributed by atoms with Crippen LogP contribution in [0.25, 0.3) is 0 Å². The van der Waals surface area contributed by atoms with Crippen molar-refractivity contribution in [3.63, 3.8) is 0 Å². The maximum absolute atomic E-state index is 12.5. The van der Waals surface area contributed by atoms with Gasteiger partial charge in [-0.15, -0.1) is 0 Å². The number of allylic oxidation sites excluding steroid dienone is 3. The highest BCUT2D eigenvalue weighted by Gasteiger charge is 2.18. The highest BCUT2D eigenvalue weighted by atomic mass is 16.5. The molecule has 6 heteroatoms. The number of aliphatic hydroxyl groups is 2. The molecule has 372 valence electrons. The summed E-state index contributed by atoms with van der Waals surface area (Å²) in [4.78, 5) is 24.5. The van der Waals surface area contributed by atoms with E-state index in [4.69, 9.17) is 4.74 Å². The van der Waals surface area contributed by atoms with Crippen molar-refractivity contribution in [2.24, 2.45) is 0 Å². The molecule has 0 rings (SSSR count). The SMILES string of the molecule is CCCCCCCC/C=C\CCCCCCCC(=O)OCCCCCCCCCCCCCC(=O)NC(CO)C(O)/C=C/CCCCCCCCCCCCCCCCCCCC. The minimum atomic E-state index is -0.857. The molecule has 0 aliphatic rings. The average molecular weight is 889 g/mol. The van der Waals surface area contributed by atoms with E-state index in [1.165, 1.54) is 218 Å². The first-order chi connectivity index (χ1) is 31.0. The second-order valence-electron chi connectivity index (χ2n) is 19.3. The smallest absolute Gasteiger partial charge is 0.305 e. The van der Waals surface area contributed by atoms with E-state index in [-0.39, 0.29) is 18.5 Å². The predicted molar refractivity (Wildman–Crippen MR) is 273 cm³/mol. The van der Waals surface area contributed by atoms with Gasteiger partial charge in [0.05, 0.1) is 25.4 Å². The fourth-order valence-corrected chi connectivity index (χ4v) is 8.63. The van der Waals surface area contributed by atoms with Crippen LogP contribution in [0, 0.1) is 0 Å². The topological polar surface area (TPSA) is 95.9 Å². The molecular weight excluding hydrogens is 779 g/mol. The summed E-state index contributed by atoms with van der Waals surface area (Å²) in [5, 5.41) is 23.1. The van der Waals surface area contributed by atoms with Gasteiger partial charge in [0.2, 0.25) is 5.91 Å². The normalized spacial score (nSPS) is 12.8. The number of aliphatic hydroxyl groups excluding tert-OH is 2. The number of hydrogen-bond donors (Lipinski definition) is 3. The van der Waals surface area contributed by atoms with Crippen LogP contribution in [0.2, 0.25) is 0 Å². The predicted octanol–water partition coefficient (Wildman–Crippen LogP) is 17.1. The van der Waals surface area contributed by atoms with Crippen LogP contribution in [-0.4, -0.2) is 47.4 Å². The first-order valence-corrected chi connectivity index (χ1v) is 28.1. The molecule has 0 saturated carbocycles. The Kier molecular flexibility index (Phi) is 51.6. The largest absolute Gasteiger partial charge is 0.466 e. The lowest BCUT2D eigenvalue weighted by atomic mass is 10.0. The summed E-state index contributed by atoms with van der Waals surface area (Å²) in [5.41, 5.74) is 0. The van der Waals surface area contributed by atoms with Gasteiger partial charge in [-0.2, -0.15) is 0 Å². The Balaban J connectivity index is 3.50. The van der Waals surface area contributed by atoms with E-state index in [0.29, 0.717) is 19.4 Å². The molecule has 0 aromatic carbocycles. The van der Waals surface area contributed by atoms with Crippen molar-refractivity contribution in [1.29, 1.82) is 0 Å². The van der Waals surface area contributed by atoms with Gasteiger partial charge < -0.3 is 20.3 Å². The standard InChI is InChI=1S/C57H109NO5/c1-3-5-7-9-11-13-15-17-19-20-21-22-23-25-26-29-33-37-41-45-49-55(60)54(53-59)58-56(61)50-46-42-38-34-30-28-32-36-40-44-48-52-63-57(62)51-47-43-39-35-31-27-24-18-16-14-12-10-8-6-4-2/h18,24,45,49,54-55,59-60H,3-17,19-23,25-44,46-48,50-53H2,1-2H3,(H,58,61)/b24-18-,49-45+. The van der Waals surface area contributed by atoms with Crippen LogP contribution < -0.4 is 5.32 Å². The van der Waals surface area contributed by atoms with Crippen LogP contribution in [0.3, 0.4) is 0 Å². The molecule has 63 heavy (non-hydrogen) atoms. The fraction of sp³-hybridized carbons (Fsp3) is 0.895. The number of rotatable bonds is 52. The van der Waals surface area contributed by atoms with Crippen molar-refractivity contribution in [2.75, 3.05) is 13.2 Å². The maximum atomic E-state index is 12.5. The van der Waals surface area contributed by atoms with Crippen LogP contribution >= 0.6 is 0 Å². The van der Waals surface area contributed by atoms with E-state index in [0.717, 1.165) is 57.8 Å². The second kappa shape index (κ2) is 53.0. The first-order valence-electron chi connectivity index (χ1n) is 28.1. The van der Waals surface area contributed by atoms with Gasteiger partial charge in [0.1, 0.15) is 0 Å². The van der Waals surface area contributed by atoms with Crippen LogP contribution in [0.1, 0.15) is 303 Å². The summed E-state index contributed by atoms with van der Waals surface area (Å²) >= 11 is 0. The lowest BCUT2D eigenvalue weighted by molar-refractivity contribution is -0.143. The van der Waals surface area contributed by atoms with E-state index in [1.54, 1.807) is 6.08 Å². The summed E-state index contributed by atoms with van der Waals surface area (Å²) in [6, 6.07) is -0.643. The van der Waals surface area contributed by atoms with Crippen LogP contribution in [-0.2, 0) is 14.3 Å². The Morgan fingerprint density at radius 2 is 0.746 bits per heavy atom. The van der Waals surface area contributed by atoms with E-state index in [9.17, 15) is 19.8 Å². The van der Waals surface area contributed by atoms with E-state index in [2.05, 4.69) is 31.3 Å². The summed E-state index contributed by atoms with van der Waals surface area (Å²) in [6.45, 7) is 4.87. The second-order valence-corrected chi connectivity index (χ2v) is 19.3. The molecule has 0 aliphatic carbocycles. The number of carbonyl (C=O) groups is 2. The fourth-order valence-electron chi connectivity index (χ4n) is 8.63. The zero-order valence-corrected chi connectivity index (χ0v) is 42.3. The zero-order valence-electron chi connectivity index (χ0n) is 42.3. The molecule has 1 amide bonds. The lowest BCUT2D eigenvalue weighted by Gasteiger charge is -2.20. The molecule has 0 aliphatic heterocycles. The number of amides is 1. The Hall–Kier alpha value is -1.66. The molecule has 0 radical (unpaired) electrons. The highest BCUT2D eigenvalue weighted by molar-refractivity contribution is 5.76. The average Bonchev–Trinajstić information content (AvgIpc) is 3.28. The monoisotopic (exact) mass is 888 g/mol. The van der Waals surface area contributed by atoms with Crippen molar-refractivity contribution in [2.45, 2.75) is 315 Å². The van der Waals surface area contributed by atoms with Gasteiger partial charge in [0.25, 0.3) is 0 Å². The number of carbonyl (C=O) groups excluding carboxylic acids is 2. The lowest BCUT2D eigenvalue weighted by Crippen LogP contribution is -2.45. The molecule has 0 heterocycles. The summed E-state index contributed by atoms with van der Waals surface area (Å²) in [6.07, 6.45) is 63.3. The maximum Gasteiger partial charge on any atom is 0.305 e. The summed E-state index contributed by atoms with van der Waals surface area (Å²) in [5.74, 6) is -0.108. The molecule has 2 unspecified atom stereocenters. The van der Waals surface area contributed by atoms with Gasteiger partial charge in [0, 0.05) is 12.8 Å². The van der Waals surface area contributed by atoms with E-state index in [1.807, 2.05) is 6.08 Å². The molecule has 6 nitrogen and oxygen atoms in total. The highest BCUT2D eigenvalue weighted by Crippen LogP contribution is 2.16. The molecule has 0 saturated heterocycles. The van der Waals surface area contributed by atoms with Crippen molar-refractivity contribution in [1.82, 2.24) is 5.32 Å². The zero-order chi connectivity index (χ0) is 45.8. The quantitative estimate of drug-likeness (QED) is 0.0321. The van der Waals surface area contributed by atoms with Gasteiger partial charge in [-0.1, -0.05) is 256 Å². The van der Waals surface area contributed by atoms with Crippen LogP contribution in [0.15, 0.2) is 24.3 Å². The minimum absolute atomic E-state index is 0.0229. The Morgan fingerprint density at radius 3 is 1.13 bits per heavy atom. The molecule has 0 bridgehead atoms. The minimum Gasteiger partial charge on any atom is -0.466 e. The Labute approximate surface area is 392 Å². The van der Waals surface area contributed by atoms with Gasteiger partial charge >= 0.3 is 5.97 Å². The third kappa shape index (κ3) is 49.6. The Morgan fingerprint density at radius 1 is 0.429 bits per heavy atom. The van der Waals surface area contributed by atoms with E-state index >= 15 is 0 Å². The van der Waals surface area contributed by atoms with Gasteiger partial charge in [-0.25, -0.2) is 0 Å². The van der Waals surface area contributed by atoms with Crippen LogP contribution in [0.4, 0.5) is 0 Å².